The molecule has 9 nitrogen and oxygen atoms in total. The molecule has 1 aliphatic rings. The lowest BCUT2D eigenvalue weighted by Crippen LogP contribution is -2.32. The zero-order valence-corrected chi connectivity index (χ0v) is 24.2. The summed E-state index contributed by atoms with van der Waals surface area (Å²) in [7, 11) is 0. The number of aryl methyl sites for hydroxylation is 1. The van der Waals surface area contributed by atoms with Crippen molar-refractivity contribution in [2.45, 2.75) is 52.6 Å². The molecule has 0 aliphatic carbocycles. The van der Waals surface area contributed by atoms with E-state index in [1.54, 1.807) is 12.5 Å². The Morgan fingerprint density at radius 2 is 1.88 bits per heavy atom. The normalized spacial score (nSPS) is 13.6. The zero-order chi connectivity index (χ0) is 28.3. The number of fused-ring (bicyclic) bond motifs is 1. The van der Waals surface area contributed by atoms with E-state index in [9.17, 15) is 9.90 Å². The molecule has 5 rings (SSSR count). The maximum atomic E-state index is 12.7. The van der Waals surface area contributed by atoms with Crippen molar-refractivity contribution in [1.29, 1.82) is 0 Å². The van der Waals surface area contributed by atoms with Gasteiger partial charge in [-0.2, -0.15) is 0 Å². The number of rotatable bonds is 8. The number of aliphatic hydroxyl groups is 1. The van der Waals surface area contributed by atoms with Crippen LogP contribution in [0.2, 0.25) is 0 Å². The second-order valence-corrected chi connectivity index (χ2v) is 12.1. The smallest absolute Gasteiger partial charge is 0.263 e. The van der Waals surface area contributed by atoms with Gasteiger partial charge in [-0.25, -0.2) is 19.9 Å². The highest BCUT2D eigenvalue weighted by Crippen LogP contribution is 2.28. The predicted octanol–water partition coefficient (Wildman–Crippen LogP) is 4.63. The summed E-state index contributed by atoms with van der Waals surface area (Å²) in [5.41, 5.74) is 6.27. The maximum absolute atomic E-state index is 12.7. The van der Waals surface area contributed by atoms with E-state index in [4.69, 9.17) is 0 Å². The zero-order valence-electron chi connectivity index (χ0n) is 23.4. The first-order valence-electron chi connectivity index (χ1n) is 13.4. The van der Waals surface area contributed by atoms with Crippen LogP contribution in [0.15, 0.2) is 49.1 Å². The van der Waals surface area contributed by atoms with Crippen molar-refractivity contribution in [3.63, 3.8) is 0 Å². The number of hydrogen-bond acceptors (Lipinski definition) is 9. The van der Waals surface area contributed by atoms with Crippen LogP contribution in [-0.4, -0.2) is 55.5 Å². The van der Waals surface area contributed by atoms with Crippen molar-refractivity contribution >= 4 is 28.9 Å². The van der Waals surface area contributed by atoms with Gasteiger partial charge in [-0.05, 0) is 47.7 Å². The molecule has 208 valence electrons. The molecule has 0 bridgehead atoms. The number of amides is 1. The number of benzene rings is 1. The van der Waals surface area contributed by atoms with Gasteiger partial charge in [0, 0.05) is 49.4 Å². The summed E-state index contributed by atoms with van der Waals surface area (Å²) in [5.74, 6) is 1.31. The van der Waals surface area contributed by atoms with E-state index >= 15 is 0 Å². The number of β-amino-alcohol motifs (C(OH)–C–C–N with tert-alkyl or cyclic N) is 1. The summed E-state index contributed by atoms with van der Waals surface area (Å²) < 4.78 is 0. The third-order valence-corrected chi connectivity index (χ3v) is 8.38. The molecule has 0 saturated heterocycles. The van der Waals surface area contributed by atoms with E-state index in [1.807, 2.05) is 31.3 Å². The predicted molar refractivity (Wildman–Crippen MR) is 158 cm³/mol. The van der Waals surface area contributed by atoms with Gasteiger partial charge in [0.1, 0.15) is 22.8 Å². The fraction of sp³-hybridized carbons (Fsp3) is 0.367. The van der Waals surface area contributed by atoms with Crippen molar-refractivity contribution in [2.75, 3.05) is 25.0 Å². The first kappa shape index (κ1) is 27.8. The Hall–Kier alpha value is -3.73. The number of nitrogens with zero attached hydrogens (tertiary/aromatic N) is 5. The topological polar surface area (TPSA) is 116 Å². The monoisotopic (exact) mass is 557 g/mol. The fourth-order valence-electron chi connectivity index (χ4n) is 4.66. The standard InChI is InChI=1S/C30H35N7O2S/c1-19-11-21(5-6-22(19)14-32-28(39)25-16-33-29(40-25)30(2,3)4)24-13-27(35-18-34-24)36-26-12-20-7-8-37(9-10-38)17-23(20)15-31-26/h5-6,11-13,15-16,18,38H,7-10,14,17H2,1-4H3,(H,32,39)(H,31,34,35,36). The van der Waals surface area contributed by atoms with E-state index in [0.717, 1.165) is 52.7 Å². The summed E-state index contributed by atoms with van der Waals surface area (Å²) in [4.78, 5) is 33.4. The van der Waals surface area contributed by atoms with Gasteiger partial charge >= 0.3 is 0 Å². The quantitative estimate of drug-likeness (QED) is 0.287. The van der Waals surface area contributed by atoms with Crippen LogP contribution < -0.4 is 10.6 Å². The van der Waals surface area contributed by atoms with E-state index < -0.39 is 0 Å². The molecule has 0 fully saturated rings. The van der Waals surface area contributed by atoms with Crippen molar-refractivity contribution in [3.8, 4) is 11.3 Å². The number of anilines is 2. The van der Waals surface area contributed by atoms with Crippen LogP contribution in [0.25, 0.3) is 11.3 Å². The molecule has 3 aromatic heterocycles. The van der Waals surface area contributed by atoms with Gasteiger partial charge in [-0.15, -0.1) is 11.3 Å². The molecule has 40 heavy (non-hydrogen) atoms. The lowest BCUT2D eigenvalue weighted by atomic mass is 9.98. The van der Waals surface area contributed by atoms with Crippen molar-refractivity contribution in [1.82, 2.24) is 30.2 Å². The third kappa shape index (κ3) is 6.52. The van der Waals surface area contributed by atoms with Crippen LogP contribution in [0, 0.1) is 6.92 Å². The van der Waals surface area contributed by atoms with Gasteiger partial charge < -0.3 is 15.7 Å². The number of thiazole rings is 1. The van der Waals surface area contributed by atoms with Crippen molar-refractivity contribution in [3.05, 3.63) is 81.2 Å². The highest BCUT2D eigenvalue weighted by molar-refractivity contribution is 7.13. The molecule has 1 aromatic carbocycles. The van der Waals surface area contributed by atoms with Crippen LogP contribution in [0.4, 0.5) is 11.6 Å². The van der Waals surface area contributed by atoms with Gasteiger partial charge in [0.05, 0.1) is 23.5 Å². The Morgan fingerprint density at radius 1 is 1.05 bits per heavy atom. The second-order valence-electron chi connectivity index (χ2n) is 11.1. The number of carbonyl (C=O) groups excluding carboxylic acids is 1. The minimum Gasteiger partial charge on any atom is -0.395 e. The SMILES string of the molecule is Cc1cc(-c2cc(Nc3cc4c(cn3)CN(CCO)CC4)ncn2)ccc1CNC(=O)c1cnc(C(C)(C)C)s1. The number of hydrogen-bond donors (Lipinski definition) is 3. The number of carbonyl (C=O) groups is 1. The summed E-state index contributed by atoms with van der Waals surface area (Å²) in [6.45, 7) is 11.3. The van der Waals surface area contributed by atoms with E-state index in [1.165, 1.54) is 22.5 Å². The lowest BCUT2D eigenvalue weighted by molar-refractivity contribution is 0.0954. The Labute approximate surface area is 238 Å². The van der Waals surface area contributed by atoms with E-state index in [-0.39, 0.29) is 17.9 Å². The molecule has 4 aromatic rings. The molecule has 3 N–H and O–H groups in total. The van der Waals surface area contributed by atoms with Crippen LogP contribution >= 0.6 is 11.3 Å². The number of pyridine rings is 1. The maximum Gasteiger partial charge on any atom is 0.263 e. The van der Waals surface area contributed by atoms with E-state index in [0.29, 0.717) is 23.8 Å². The van der Waals surface area contributed by atoms with Crippen LogP contribution in [0.3, 0.4) is 0 Å². The third-order valence-electron chi connectivity index (χ3n) is 6.96. The fourth-order valence-corrected chi connectivity index (χ4v) is 5.55. The molecule has 1 aliphatic heterocycles. The van der Waals surface area contributed by atoms with Gasteiger partial charge in [0.25, 0.3) is 5.91 Å². The average Bonchev–Trinajstić information content (AvgIpc) is 3.44. The highest BCUT2D eigenvalue weighted by Gasteiger charge is 2.20. The molecule has 1 amide bonds. The van der Waals surface area contributed by atoms with Gasteiger partial charge in [-0.3, -0.25) is 9.69 Å². The Bertz CT molecular complexity index is 1510. The summed E-state index contributed by atoms with van der Waals surface area (Å²) >= 11 is 1.44. The highest BCUT2D eigenvalue weighted by atomic mass is 32.1. The molecule has 10 heteroatoms. The van der Waals surface area contributed by atoms with Crippen LogP contribution in [0.1, 0.15) is 57.7 Å². The number of aliphatic hydroxyl groups excluding tert-OH is 1. The van der Waals surface area contributed by atoms with Gasteiger partial charge in [0.15, 0.2) is 0 Å². The van der Waals surface area contributed by atoms with Gasteiger partial charge in [0.2, 0.25) is 0 Å². The first-order valence-corrected chi connectivity index (χ1v) is 14.3. The first-order chi connectivity index (χ1) is 19.2. The van der Waals surface area contributed by atoms with E-state index in [2.05, 4.69) is 68.4 Å². The molecule has 0 unspecified atom stereocenters. The molecule has 4 heterocycles. The summed E-state index contributed by atoms with van der Waals surface area (Å²) in [6.07, 6.45) is 6.04. The number of aromatic nitrogens is 4. The molecule has 0 atom stereocenters. The lowest BCUT2D eigenvalue weighted by Gasteiger charge is -2.28. The Balaban J connectivity index is 1.23. The van der Waals surface area contributed by atoms with Crippen molar-refractivity contribution < 1.29 is 9.90 Å². The van der Waals surface area contributed by atoms with Crippen LogP contribution in [-0.2, 0) is 24.9 Å². The molecular formula is C30H35N7O2S. The second kappa shape index (κ2) is 11.8. The average molecular weight is 558 g/mol. The summed E-state index contributed by atoms with van der Waals surface area (Å²) in [5, 5.41) is 16.5. The largest absolute Gasteiger partial charge is 0.395 e. The molecule has 0 radical (unpaired) electrons. The molecule has 0 saturated carbocycles. The van der Waals surface area contributed by atoms with Crippen molar-refractivity contribution in [2.24, 2.45) is 0 Å². The minimum atomic E-state index is -0.110. The van der Waals surface area contributed by atoms with Crippen LogP contribution in [0.5, 0.6) is 0 Å². The number of nitrogens with one attached hydrogen (secondary N) is 2. The Kier molecular flexibility index (Phi) is 8.20. The minimum absolute atomic E-state index is 0.0768. The molecular weight excluding hydrogens is 522 g/mol. The Morgan fingerprint density at radius 3 is 2.62 bits per heavy atom. The summed E-state index contributed by atoms with van der Waals surface area (Å²) in [6, 6.07) is 10.1. The molecule has 0 spiro atoms. The van der Waals surface area contributed by atoms with Gasteiger partial charge in [-0.1, -0.05) is 32.9 Å².